The zero-order chi connectivity index (χ0) is 18.3. The van der Waals surface area contributed by atoms with E-state index in [4.69, 9.17) is 0 Å². The van der Waals surface area contributed by atoms with Gasteiger partial charge in [0, 0.05) is 12.2 Å². The maximum Gasteiger partial charge on any atom is 0.113 e. The van der Waals surface area contributed by atoms with Gasteiger partial charge in [0.05, 0.1) is 0 Å². The Kier molecular flexibility index (Phi) is 7.77. The third-order valence-corrected chi connectivity index (χ3v) is 6.31. The highest BCUT2D eigenvalue weighted by Gasteiger charge is 2.39. The molecule has 2 N–H and O–H groups in total. The summed E-state index contributed by atoms with van der Waals surface area (Å²) in [6.07, 6.45) is 7.61. The summed E-state index contributed by atoms with van der Waals surface area (Å²) in [6.45, 7) is 13.0. The molecule has 0 amide bonds. The minimum absolute atomic E-state index is 0.00570. The van der Waals surface area contributed by atoms with Gasteiger partial charge in [-0.05, 0) is 60.9 Å². The minimum atomic E-state index is -0.00570. The molecule has 0 spiro atoms. The summed E-state index contributed by atoms with van der Waals surface area (Å²) in [4.78, 5) is 2.67. The minimum Gasteiger partial charge on any atom is -0.377 e. The van der Waals surface area contributed by atoms with E-state index in [0.29, 0.717) is 5.92 Å². The van der Waals surface area contributed by atoms with Crippen LogP contribution >= 0.6 is 0 Å². The lowest BCUT2D eigenvalue weighted by molar-refractivity contribution is 0.109. The molecule has 3 nitrogen and oxygen atoms in total. The van der Waals surface area contributed by atoms with Crippen LogP contribution in [-0.2, 0) is 11.8 Å². The smallest absolute Gasteiger partial charge is 0.113 e. The molecule has 1 aromatic carbocycles. The van der Waals surface area contributed by atoms with Gasteiger partial charge in [0.25, 0.3) is 0 Å². The van der Waals surface area contributed by atoms with Crippen LogP contribution in [0.25, 0.3) is 0 Å². The Bertz CT molecular complexity index is 531. The molecule has 25 heavy (non-hydrogen) atoms. The fourth-order valence-electron chi connectivity index (χ4n) is 4.44. The van der Waals surface area contributed by atoms with Crippen LogP contribution in [0.1, 0.15) is 70.9 Å². The number of anilines is 1. The Morgan fingerprint density at radius 3 is 2.68 bits per heavy atom. The van der Waals surface area contributed by atoms with Gasteiger partial charge in [-0.25, -0.2) is 0 Å². The molecular weight excluding hydrogens is 308 g/mol. The largest absolute Gasteiger partial charge is 0.377 e. The highest BCUT2D eigenvalue weighted by atomic mass is 16.3. The Labute approximate surface area is 154 Å². The van der Waals surface area contributed by atoms with Crippen molar-refractivity contribution in [2.24, 2.45) is 5.92 Å². The van der Waals surface area contributed by atoms with Crippen molar-refractivity contribution in [2.45, 2.75) is 71.6 Å². The molecule has 1 aliphatic rings. The van der Waals surface area contributed by atoms with E-state index in [2.05, 4.69) is 56.1 Å². The molecule has 2 unspecified atom stereocenters. The van der Waals surface area contributed by atoms with Gasteiger partial charge in [-0.1, -0.05) is 59.1 Å². The molecule has 1 aliphatic heterocycles. The van der Waals surface area contributed by atoms with Crippen LogP contribution in [0.5, 0.6) is 0 Å². The number of rotatable bonds is 9. The topological polar surface area (TPSA) is 35.5 Å². The predicted molar refractivity (Wildman–Crippen MR) is 108 cm³/mol. The van der Waals surface area contributed by atoms with E-state index in [1.54, 1.807) is 0 Å². The molecule has 1 saturated heterocycles. The second kappa shape index (κ2) is 9.59. The maximum atomic E-state index is 9.29. The monoisotopic (exact) mass is 346 g/mol. The van der Waals surface area contributed by atoms with E-state index in [1.165, 1.54) is 62.9 Å². The zero-order valence-corrected chi connectivity index (χ0v) is 16.8. The number of piperidine rings is 1. The van der Waals surface area contributed by atoms with Crippen molar-refractivity contribution in [1.82, 2.24) is 4.90 Å². The van der Waals surface area contributed by atoms with Gasteiger partial charge >= 0.3 is 0 Å². The SMILES string of the molecule is CCCCCCN1CCC(C)(c2cccc(NCO)c2CC)C(C)C1. The molecule has 3 heteroatoms. The van der Waals surface area contributed by atoms with Gasteiger partial charge in [-0.3, -0.25) is 0 Å². The average Bonchev–Trinajstić information content (AvgIpc) is 2.62. The third kappa shape index (κ3) is 4.77. The Balaban J connectivity index is 2.11. The second-order valence-corrected chi connectivity index (χ2v) is 7.95. The van der Waals surface area contributed by atoms with Gasteiger partial charge < -0.3 is 15.3 Å². The molecule has 1 aromatic rings. The van der Waals surface area contributed by atoms with Crippen LogP contribution in [0, 0.1) is 5.92 Å². The van der Waals surface area contributed by atoms with Crippen molar-refractivity contribution >= 4 is 5.69 Å². The predicted octanol–water partition coefficient (Wildman–Crippen LogP) is 4.79. The highest BCUT2D eigenvalue weighted by Crippen LogP contribution is 2.42. The number of aliphatic hydroxyl groups excluding tert-OH is 1. The number of aliphatic hydroxyl groups is 1. The lowest BCUT2D eigenvalue weighted by Crippen LogP contribution is -2.48. The molecular formula is C22H38N2O. The van der Waals surface area contributed by atoms with Crippen molar-refractivity contribution in [3.8, 4) is 0 Å². The fraction of sp³-hybridized carbons (Fsp3) is 0.727. The van der Waals surface area contributed by atoms with E-state index in [1.807, 2.05) is 0 Å². The first kappa shape index (κ1) is 20.3. The van der Waals surface area contributed by atoms with E-state index in [-0.39, 0.29) is 12.1 Å². The quantitative estimate of drug-likeness (QED) is 0.498. The first-order valence-electron chi connectivity index (χ1n) is 10.3. The normalized spacial score (nSPS) is 24.4. The number of unbranched alkanes of at least 4 members (excludes halogenated alkanes) is 3. The summed E-state index contributed by atoms with van der Waals surface area (Å²) < 4.78 is 0. The Morgan fingerprint density at radius 1 is 1.24 bits per heavy atom. The molecule has 142 valence electrons. The molecule has 1 fully saturated rings. The van der Waals surface area contributed by atoms with Crippen LogP contribution in [-0.4, -0.2) is 36.4 Å². The van der Waals surface area contributed by atoms with Crippen LogP contribution in [0.15, 0.2) is 18.2 Å². The number of nitrogens with zero attached hydrogens (tertiary/aromatic N) is 1. The van der Waals surface area contributed by atoms with Crippen molar-refractivity contribution in [2.75, 3.05) is 31.7 Å². The number of hydrogen-bond acceptors (Lipinski definition) is 3. The summed E-state index contributed by atoms with van der Waals surface area (Å²) in [7, 11) is 0. The summed E-state index contributed by atoms with van der Waals surface area (Å²) in [5, 5.41) is 12.4. The van der Waals surface area contributed by atoms with E-state index >= 15 is 0 Å². The second-order valence-electron chi connectivity index (χ2n) is 7.95. The number of likely N-dealkylation sites (tertiary alicyclic amines) is 1. The molecule has 0 aromatic heterocycles. The third-order valence-electron chi connectivity index (χ3n) is 6.31. The van der Waals surface area contributed by atoms with Gasteiger partial charge in [-0.15, -0.1) is 0 Å². The Morgan fingerprint density at radius 2 is 2.04 bits per heavy atom. The number of benzene rings is 1. The zero-order valence-electron chi connectivity index (χ0n) is 16.8. The average molecular weight is 347 g/mol. The van der Waals surface area contributed by atoms with Crippen molar-refractivity contribution in [1.29, 1.82) is 0 Å². The molecule has 0 saturated carbocycles. The highest BCUT2D eigenvalue weighted by molar-refractivity contribution is 5.56. The van der Waals surface area contributed by atoms with Crippen molar-refractivity contribution in [3.63, 3.8) is 0 Å². The molecule has 0 radical (unpaired) electrons. The lowest BCUT2D eigenvalue weighted by atomic mass is 9.66. The van der Waals surface area contributed by atoms with E-state index < -0.39 is 0 Å². The van der Waals surface area contributed by atoms with Crippen LogP contribution in [0.2, 0.25) is 0 Å². The maximum absolute atomic E-state index is 9.29. The first-order chi connectivity index (χ1) is 12.1. The summed E-state index contributed by atoms with van der Waals surface area (Å²) in [5.41, 5.74) is 4.17. The van der Waals surface area contributed by atoms with Gasteiger partial charge in [0.2, 0.25) is 0 Å². The van der Waals surface area contributed by atoms with Gasteiger partial charge in [0.1, 0.15) is 6.73 Å². The van der Waals surface area contributed by atoms with Gasteiger partial charge in [0.15, 0.2) is 0 Å². The summed E-state index contributed by atoms with van der Waals surface area (Å²) in [6, 6.07) is 6.55. The molecule has 0 aliphatic carbocycles. The molecule has 0 bridgehead atoms. The summed E-state index contributed by atoms with van der Waals surface area (Å²) >= 11 is 0. The Hall–Kier alpha value is -1.06. The van der Waals surface area contributed by atoms with Crippen LogP contribution in [0.3, 0.4) is 0 Å². The molecule has 1 heterocycles. The first-order valence-corrected chi connectivity index (χ1v) is 10.3. The van der Waals surface area contributed by atoms with Crippen molar-refractivity contribution < 1.29 is 5.11 Å². The molecule has 2 atom stereocenters. The fourth-order valence-corrected chi connectivity index (χ4v) is 4.44. The standard InChI is InChI=1S/C22H38N2O/c1-5-7-8-9-14-24-15-13-22(4,18(3)16-24)20-11-10-12-21(23-17-25)19(20)6-2/h10-12,18,23,25H,5-9,13-17H2,1-4H3. The number of nitrogens with one attached hydrogen (secondary N) is 1. The van der Waals surface area contributed by atoms with Crippen LogP contribution in [0.4, 0.5) is 5.69 Å². The lowest BCUT2D eigenvalue weighted by Gasteiger charge is -2.46. The number of hydrogen-bond donors (Lipinski definition) is 2. The molecule has 2 rings (SSSR count). The summed E-state index contributed by atoms with van der Waals surface area (Å²) in [5.74, 6) is 0.641. The van der Waals surface area contributed by atoms with Crippen LogP contribution < -0.4 is 5.32 Å². The van der Waals surface area contributed by atoms with Crippen molar-refractivity contribution in [3.05, 3.63) is 29.3 Å². The van der Waals surface area contributed by atoms with Gasteiger partial charge in [-0.2, -0.15) is 0 Å². The van der Waals surface area contributed by atoms with E-state index in [9.17, 15) is 5.11 Å². The van der Waals surface area contributed by atoms with E-state index in [0.717, 1.165) is 12.1 Å².